The van der Waals surface area contributed by atoms with Crippen molar-refractivity contribution < 1.29 is 13.3 Å². The molecule has 1 N–H and O–H groups in total. The fourth-order valence-corrected chi connectivity index (χ4v) is 5.15. The summed E-state index contributed by atoms with van der Waals surface area (Å²) in [4.78, 5) is 1.61. The van der Waals surface area contributed by atoms with Crippen LogP contribution in [0.4, 0.5) is 0 Å². The SMILES string of the molecule is C[C@H](c1ccccc1)[NH+]1CCN(S(=O)(=O)c2ccccc2Cl)CC1. The van der Waals surface area contributed by atoms with Crippen LogP contribution in [-0.4, -0.2) is 38.9 Å². The second-order valence-corrected chi connectivity index (χ2v) is 8.44. The Morgan fingerprint density at radius 2 is 1.58 bits per heavy atom. The number of halogens is 1. The van der Waals surface area contributed by atoms with Crippen molar-refractivity contribution in [2.75, 3.05) is 26.2 Å². The van der Waals surface area contributed by atoms with Crippen molar-refractivity contribution in [2.24, 2.45) is 0 Å². The summed E-state index contributed by atoms with van der Waals surface area (Å²) < 4.78 is 27.1. The second kappa shape index (κ2) is 7.23. The average Bonchev–Trinajstić information content (AvgIpc) is 2.62. The topological polar surface area (TPSA) is 41.8 Å². The van der Waals surface area contributed by atoms with Gasteiger partial charge in [0, 0.05) is 5.56 Å². The Balaban J connectivity index is 1.70. The average molecular weight is 366 g/mol. The molecule has 2 aromatic rings. The van der Waals surface area contributed by atoms with E-state index in [0.717, 1.165) is 13.1 Å². The molecule has 0 aromatic heterocycles. The lowest BCUT2D eigenvalue weighted by atomic mass is 10.1. The molecule has 2 aromatic carbocycles. The van der Waals surface area contributed by atoms with Gasteiger partial charge in [-0.2, -0.15) is 4.31 Å². The van der Waals surface area contributed by atoms with E-state index >= 15 is 0 Å². The van der Waals surface area contributed by atoms with Gasteiger partial charge in [-0.15, -0.1) is 0 Å². The van der Waals surface area contributed by atoms with Gasteiger partial charge in [-0.25, -0.2) is 8.42 Å². The number of sulfonamides is 1. The van der Waals surface area contributed by atoms with Gasteiger partial charge in [0.2, 0.25) is 10.0 Å². The monoisotopic (exact) mass is 365 g/mol. The van der Waals surface area contributed by atoms with E-state index < -0.39 is 10.0 Å². The van der Waals surface area contributed by atoms with Crippen LogP contribution >= 0.6 is 11.6 Å². The van der Waals surface area contributed by atoms with E-state index in [4.69, 9.17) is 11.6 Å². The standard InChI is InChI=1S/C18H21ClN2O2S/c1-15(16-7-3-2-4-8-16)20-11-13-21(14-12-20)24(22,23)18-10-6-5-9-17(18)19/h2-10,15H,11-14H2,1H3/p+1/t15-/m1/s1. The largest absolute Gasteiger partial charge is 0.327 e. The lowest BCUT2D eigenvalue weighted by molar-refractivity contribution is -0.933. The van der Waals surface area contributed by atoms with Crippen molar-refractivity contribution in [2.45, 2.75) is 17.9 Å². The van der Waals surface area contributed by atoms with Gasteiger partial charge < -0.3 is 4.90 Å². The van der Waals surface area contributed by atoms with Gasteiger partial charge in [0.15, 0.2) is 0 Å². The maximum Gasteiger partial charge on any atom is 0.244 e. The van der Waals surface area contributed by atoms with Crippen LogP contribution in [0.15, 0.2) is 59.5 Å². The minimum atomic E-state index is -3.52. The van der Waals surface area contributed by atoms with Gasteiger partial charge in [-0.3, -0.25) is 0 Å². The Hall–Kier alpha value is -1.40. The number of benzene rings is 2. The zero-order chi connectivity index (χ0) is 17.2. The summed E-state index contributed by atoms with van der Waals surface area (Å²) in [5.41, 5.74) is 1.29. The fraction of sp³-hybridized carbons (Fsp3) is 0.333. The van der Waals surface area contributed by atoms with E-state index in [1.54, 1.807) is 28.6 Å². The molecule has 0 radical (unpaired) electrons. The lowest BCUT2D eigenvalue weighted by Gasteiger charge is -2.35. The molecule has 1 atom stereocenters. The number of hydrogen-bond acceptors (Lipinski definition) is 2. The number of rotatable bonds is 4. The van der Waals surface area contributed by atoms with Crippen LogP contribution in [0.25, 0.3) is 0 Å². The number of piperazine rings is 1. The Kier molecular flexibility index (Phi) is 5.25. The molecule has 1 heterocycles. The van der Waals surface area contributed by atoms with E-state index in [0.29, 0.717) is 19.1 Å². The summed E-state index contributed by atoms with van der Waals surface area (Å²) in [7, 11) is -3.52. The normalized spacial score (nSPS) is 18.4. The molecule has 4 nitrogen and oxygen atoms in total. The molecule has 0 unspecified atom stereocenters. The maximum absolute atomic E-state index is 12.8. The third-order valence-corrected chi connectivity index (χ3v) is 7.13. The predicted molar refractivity (Wildman–Crippen MR) is 95.8 cm³/mol. The van der Waals surface area contributed by atoms with Crippen molar-refractivity contribution in [3.8, 4) is 0 Å². The number of hydrogen-bond donors (Lipinski definition) is 1. The number of nitrogens with one attached hydrogen (secondary N) is 1. The van der Waals surface area contributed by atoms with Crippen LogP contribution in [0.5, 0.6) is 0 Å². The first-order valence-corrected chi connectivity index (χ1v) is 9.96. The molecule has 0 bridgehead atoms. The number of quaternary nitrogens is 1. The highest BCUT2D eigenvalue weighted by Gasteiger charge is 2.33. The van der Waals surface area contributed by atoms with Crippen LogP contribution < -0.4 is 4.90 Å². The molecule has 3 rings (SSSR count). The van der Waals surface area contributed by atoms with Gasteiger partial charge in [0.1, 0.15) is 10.9 Å². The van der Waals surface area contributed by atoms with E-state index in [-0.39, 0.29) is 9.92 Å². The van der Waals surface area contributed by atoms with Gasteiger partial charge in [0.05, 0.1) is 31.2 Å². The molecule has 0 saturated carbocycles. The van der Waals surface area contributed by atoms with Crippen LogP contribution in [-0.2, 0) is 10.0 Å². The fourth-order valence-electron chi connectivity index (χ4n) is 3.22. The van der Waals surface area contributed by atoms with Crippen LogP contribution in [0.1, 0.15) is 18.5 Å². The molecule has 6 heteroatoms. The van der Waals surface area contributed by atoms with Gasteiger partial charge in [-0.1, -0.05) is 54.1 Å². The predicted octanol–water partition coefficient (Wildman–Crippen LogP) is 1.99. The Morgan fingerprint density at radius 1 is 1.00 bits per heavy atom. The molecule has 0 amide bonds. The number of nitrogens with zero attached hydrogens (tertiary/aromatic N) is 1. The van der Waals surface area contributed by atoms with E-state index in [2.05, 4.69) is 19.1 Å². The van der Waals surface area contributed by atoms with Crippen molar-refractivity contribution in [1.82, 2.24) is 4.31 Å². The second-order valence-electron chi connectivity index (χ2n) is 6.13. The van der Waals surface area contributed by atoms with Crippen molar-refractivity contribution in [3.05, 3.63) is 65.2 Å². The molecule has 1 aliphatic rings. The molecular formula is C18H22ClN2O2S+. The minimum absolute atomic E-state index is 0.200. The zero-order valence-electron chi connectivity index (χ0n) is 13.7. The highest BCUT2D eigenvalue weighted by molar-refractivity contribution is 7.89. The van der Waals surface area contributed by atoms with Gasteiger partial charge >= 0.3 is 0 Å². The van der Waals surface area contributed by atoms with E-state index in [9.17, 15) is 8.42 Å². The van der Waals surface area contributed by atoms with Crippen molar-refractivity contribution in [1.29, 1.82) is 0 Å². The maximum atomic E-state index is 12.8. The van der Waals surface area contributed by atoms with Crippen molar-refractivity contribution >= 4 is 21.6 Å². The van der Waals surface area contributed by atoms with Crippen LogP contribution in [0.3, 0.4) is 0 Å². The molecule has 0 spiro atoms. The Morgan fingerprint density at radius 3 is 2.21 bits per heavy atom. The summed E-state index contributed by atoms with van der Waals surface area (Å²) in [5.74, 6) is 0. The van der Waals surface area contributed by atoms with Crippen LogP contribution in [0, 0.1) is 0 Å². The Labute approximate surface area is 148 Å². The molecule has 1 aliphatic heterocycles. The molecule has 1 saturated heterocycles. The first-order chi connectivity index (χ1) is 11.5. The molecule has 0 aliphatic carbocycles. The van der Waals surface area contributed by atoms with Crippen molar-refractivity contribution in [3.63, 3.8) is 0 Å². The van der Waals surface area contributed by atoms with Crippen LogP contribution in [0.2, 0.25) is 5.02 Å². The third kappa shape index (κ3) is 3.49. The quantitative estimate of drug-likeness (QED) is 0.900. The van der Waals surface area contributed by atoms with E-state index in [1.165, 1.54) is 10.5 Å². The Bertz CT molecular complexity index is 788. The third-order valence-electron chi connectivity index (χ3n) is 4.73. The molecule has 24 heavy (non-hydrogen) atoms. The molecule has 1 fully saturated rings. The molecular weight excluding hydrogens is 344 g/mol. The highest BCUT2D eigenvalue weighted by atomic mass is 35.5. The lowest BCUT2D eigenvalue weighted by Crippen LogP contribution is -3.14. The smallest absolute Gasteiger partial charge is 0.244 e. The first-order valence-electron chi connectivity index (χ1n) is 8.14. The summed E-state index contributed by atoms with van der Waals surface area (Å²) in [6, 6.07) is 17.4. The highest BCUT2D eigenvalue weighted by Crippen LogP contribution is 2.24. The summed E-state index contributed by atoms with van der Waals surface area (Å²) in [6.07, 6.45) is 0. The zero-order valence-corrected chi connectivity index (χ0v) is 15.2. The van der Waals surface area contributed by atoms with Gasteiger partial charge in [-0.05, 0) is 19.1 Å². The summed E-state index contributed by atoms with van der Waals surface area (Å²) in [5, 5.41) is 0.282. The first kappa shape index (κ1) is 17.4. The summed E-state index contributed by atoms with van der Waals surface area (Å²) >= 11 is 6.08. The molecule has 128 valence electrons. The minimum Gasteiger partial charge on any atom is -0.327 e. The van der Waals surface area contributed by atoms with E-state index in [1.807, 2.05) is 18.2 Å². The summed E-state index contributed by atoms with van der Waals surface area (Å²) in [6.45, 7) is 4.81. The van der Waals surface area contributed by atoms with Gasteiger partial charge in [0.25, 0.3) is 0 Å².